The van der Waals surface area contributed by atoms with E-state index in [1.165, 1.54) is 0 Å². The third-order valence-corrected chi connectivity index (χ3v) is 4.03. The van der Waals surface area contributed by atoms with E-state index in [1.54, 1.807) is 23.1 Å². The third kappa shape index (κ3) is 2.91. The first kappa shape index (κ1) is 14.8. The third-order valence-electron chi connectivity index (χ3n) is 3.61. The molecule has 0 spiro atoms. The smallest absolute Gasteiger partial charge is 0.254 e. The zero-order valence-electron chi connectivity index (χ0n) is 11.8. The van der Waals surface area contributed by atoms with Crippen molar-refractivity contribution in [1.29, 1.82) is 0 Å². The predicted octanol–water partition coefficient (Wildman–Crippen LogP) is 2.66. The normalized spacial score (nSPS) is 15.3. The molecule has 0 radical (unpaired) electrons. The van der Waals surface area contributed by atoms with Crippen molar-refractivity contribution in [2.75, 3.05) is 13.1 Å². The van der Waals surface area contributed by atoms with Gasteiger partial charge in [-0.05, 0) is 12.1 Å². The van der Waals surface area contributed by atoms with Gasteiger partial charge in [0.05, 0.1) is 0 Å². The highest BCUT2D eigenvalue weighted by Gasteiger charge is 2.25. The molecule has 1 aliphatic rings. The van der Waals surface area contributed by atoms with Crippen molar-refractivity contribution in [3.63, 3.8) is 0 Å². The van der Waals surface area contributed by atoms with Crippen LogP contribution in [0.15, 0.2) is 46.0 Å². The second-order valence-corrected chi connectivity index (χ2v) is 5.52. The molecule has 22 heavy (non-hydrogen) atoms. The lowest BCUT2D eigenvalue weighted by molar-refractivity contribution is 0.0774. The van der Waals surface area contributed by atoms with Gasteiger partial charge in [-0.25, -0.2) is 0 Å². The van der Waals surface area contributed by atoms with Gasteiger partial charge in [0.15, 0.2) is 5.76 Å². The van der Waals surface area contributed by atoms with Crippen LogP contribution in [0, 0.1) is 0 Å². The van der Waals surface area contributed by atoms with Gasteiger partial charge in [-0.15, -0.1) is 0 Å². The molecule has 5 nitrogen and oxygen atoms in total. The molecule has 1 amide bonds. The van der Waals surface area contributed by atoms with Crippen LogP contribution in [0.1, 0.15) is 28.2 Å². The Kier molecular flexibility index (Phi) is 4.27. The average molecular weight is 319 g/mol. The lowest BCUT2D eigenvalue weighted by atomic mass is 10.0. The fraction of sp³-hybridized carbons (Fsp3) is 0.250. The highest BCUT2D eigenvalue weighted by molar-refractivity contribution is 6.32. The molecule has 0 saturated carbocycles. The van der Waals surface area contributed by atoms with E-state index in [2.05, 4.69) is 5.16 Å². The minimum atomic E-state index is -0.218. The Hall–Kier alpha value is -2.11. The molecule has 2 aromatic rings. The second-order valence-electron chi connectivity index (χ2n) is 5.06. The highest BCUT2D eigenvalue weighted by atomic mass is 35.5. The Labute approximate surface area is 132 Å². The number of amides is 1. The van der Waals surface area contributed by atoms with Crippen molar-refractivity contribution in [3.05, 3.63) is 58.4 Å². The summed E-state index contributed by atoms with van der Waals surface area (Å²) in [4.78, 5) is 14.3. The number of carbonyl (C=O) groups is 1. The van der Waals surface area contributed by atoms with E-state index in [-0.39, 0.29) is 12.5 Å². The van der Waals surface area contributed by atoms with Crippen LogP contribution in [0.3, 0.4) is 0 Å². The Morgan fingerprint density at radius 2 is 2.14 bits per heavy atom. The van der Waals surface area contributed by atoms with E-state index in [0.717, 1.165) is 5.57 Å². The van der Waals surface area contributed by atoms with E-state index in [9.17, 15) is 4.79 Å². The molecule has 1 aromatic heterocycles. The number of nitrogens with zero attached hydrogens (tertiary/aromatic N) is 2. The molecular formula is C16H15ClN2O3. The summed E-state index contributed by atoms with van der Waals surface area (Å²) in [5.41, 5.74) is 1.98. The molecule has 0 atom stereocenters. The summed E-state index contributed by atoms with van der Waals surface area (Å²) in [6, 6.07) is 10.8. The maximum absolute atomic E-state index is 12.5. The number of hydrogen-bond donors (Lipinski definition) is 1. The minimum absolute atomic E-state index is 0.0341. The average Bonchev–Trinajstić information content (AvgIpc) is 3.04. The molecule has 114 valence electrons. The molecule has 0 fully saturated rings. The Morgan fingerprint density at radius 3 is 2.82 bits per heavy atom. The van der Waals surface area contributed by atoms with Gasteiger partial charge >= 0.3 is 0 Å². The Morgan fingerprint density at radius 1 is 1.36 bits per heavy atom. The number of benzene rings is 1. The van der Waals surface area contributed by atoms with Crippen molar-refractivity contribution in [3.8, 4) is 0 Å². The molecule has 1 N–H and O–H groups in total. The van der Waals surface area contributed by atoms with Crippen molar-refractivity contribution in [1.82, 2.24) is 10.1 Å². The van der Waals surface area contributed by atoms with Crippen molar-refractivity contribution < 1.29 is 14.4 Å². The maximum atomic E-state index is 12.5. The Balaban J connectivity index is 1.82. The minimum Gasteiger partial charge on any atom is -0.388 e. The quantitative estimate of drug-likeness (QED) is 0.945. The first-order chi connectivity index (χ1) is 10.7. The lowest BCUT2D eigenvalue weighted by Crippen LogP contribution is -2.36. The van der Waals surface area contributed by atoms with Crippen molar-refractivity contribution in [2.24, 2.45) is 0 Å². The Bertz CT molecular complexity index is 709. The van der Waals surface area contributed by atoms with Gasteiger partial charge in [-0.3, -0.25) is 4.79 Å². The number of aromatic nitrogens is 1. The highest BCUT2D eigenvalue weighted by Crippen LogP contribution is 2.29. The largest absolute Gasteiger partial charge is 0.388 e. The van der Waals surface area contributed by atoms with Crippen LogP contribution in [-0.4, -0.2) is 34.2 Å². The summed E-state index contributed by atoms with van der Waals surface area (Å²) in [6.45, 7) is 0.731. The van der Waals surface area contributed by atoms with Crippen LogP contribution in [-0.2, 0) is 6.61 Å². The lowest BCUT2D eigenvalue weighted by Gasteiger charge is -2.28. The standard InChI is InChI=1S/C16H15ClN2O3/c17-14-6-7-19(16(21)11-4-2-1-3-5-11)9-13(14)15-8-12(10-20)22-18-15/h1-5,8,20H,6-7,9-10H2. The topological polar surface area (TPSA) is 66.6 Å². The number of carbonyl (C=O) groups excluding carboxylic acids is 1. The van der Waals surface area contributed by atoms with Crippen LogP contribution in [0.25, 0.3) is 5.57 Å². The molecule has 0 aliphatic carbocycles. The SMILES string of the molecule is O=C(c1ccccc1)N1CCC(Cl)=C(c2cc(CO)on2)C1. The molecule has 1 aromatic carbocycles. The molecular weight excluding hydrogens is 304 g/mol. The summed E-state index contributed by atoms with van der Waals surface area (Å²) < 4.78 is 5.00. The van der Waals surface area contributed by atoms with Crippen LogP contribution in [0.5, 0.6) is 0 Å². The van der Waals surface area contributed by atoms with Gasteiger partial charge in [-0.2, -0.15) is 0 Å². The first-order valence-corrected chi connectivity index (χ1v) is 7.35. The predicted molar refractivity (Wildman–Crippen MR) is 82.2 cm³/mol. The van der Waals surface area contributed by atoms with Gasteiger partial charge in [0, 0.05) is 41.7 Å². The summed E-state index contributed by atoms with van der Waals surface area (Å²) in [7, 11) is 0. The molecule has 0 unspecified atom stereocenters. The monoisotopic (exact) mass is 318 g/mol. The van der Waals surface area contributed by atoms with Gasteiger partial charge in [-0.1, -0.05) is 35.0 Å². The first-order valence-electron chi connectivity index (χ1n) is 6.97. The summed E-state index contributed by atoms with van der Waals surface area (Å²) >= 11 is 6.28. The van der Waals surface area contributed by atoms with Crippen molar-refractivity contribution >= 4 is 23.1 Å². The van der Waals surface area contributed by atoms with Gasteiger partial charge in [0.2, 0.25) is 0 Å². The van der Waals surface area contributed by atoms with Crippen LogP contribution in [0.2, 0.25) is 0 Å². The molecule has 3 rings (SSSR count). The van der Waals surface area contributed by atoms with E-state index in [0.29, 0.717) is 41.6 Å². The zero-order valence-corrected chi connectivity index (χ0v) is 12.6. The molecule has 2 heterocycles. The number of aliphatic hydroxyl groups is 1. The number of hydrogen-bond acceptors (Lipinski definition) is 4. The number of rotatable bonds is 3. The fourth-order valence-corrected chi connectivity index (χ4v) is 2.67. The number of halogens is 1. The van der Waals surface area contributed by atoms with E-state index < -0.39 is 0 Å². The molecule has 6 heteroatoms. The molecule has 1 aliphatic heterocycles. The van der Waals surface area contributed by atoms with Gasteiger partial charge in [0.25, 0.3) is 5.91 Å². The molecule has 0 bridgehead atoms. The molecule has 0 saturated heterocycles. The summed E-state index contributed by atoms with van der Waals surface area (Å²) in [5.74, 6) is 0.339. The van der Waals surface area contributed by atoms with Gasteiger partial charge < -0.3 is 14.5 Å². The second kappa shape index (κ2) is 6.34. The summed E-state index contributed by atoms with van der Waals surface area (Å²) in [6.07, 6.45) is 0.580. The van der Waals surface area contributed by atoms with Gasteiger partial charge in [0.1, 0.15) is 12.3 Å². The van der Waals surface area contributed by atoms with Crippen LogP contribution < -0.4 is 0 Å². The van der Waals surface area contributed by atoms with E-state index in [4.69, 9.17) is 21.2 Å². The number of aliphatic hydroxyl groups excluding tert-OH is 1. The zero-order chi connectivity index (χ0) is 15.5. The van der Waals surface area contributed by atoms with E-state index >= 15 is 0 Å². The van der Waals surface area contributed by atoms with E-state index in [1.807, 2.05) is 18.2 Å². The van der Waals surface area contributed by atoms with Crippen molar-refractivity contribution in [2.45, 2.75) is 13.0 Å². The summed E-state index contributed by atoms with van der Waals surface area (Å²) in [5, 5.41) is 13.6. The van der Waals surface area contributed by atoms with Crippen LogP contribution >= 0.6 is 11.6 Å². The van der Waals surface area contributed by atoms with Crippen LogP contribution in [0.4, 0.5) is 0 Å². The fourth-order valence-electron chi connectivity index (χ4n) is 2.43. The maximum Gasteiger partial charge on any atom is 0.254 e.